The number of nitrogens with zero attached hydrogens (tertiary/aromatic N) is 1. The van der Waals surface area contributed by atoms with Crippen LogP contribution in [0.2, 0.25) is 0 Å². The summed E-state index contributed by atoms with van der Waals surface area (Å²) in [5, 5.41) is 0. The molecule has 1 heterocycles. The Labute approximate surface area is 136 Å². The molecule has 0 N–H and O–H groups in total. The fourth-order valence-corrected chi connectivity index (χ4v) is 2.18. The van der Waals surface area contributed by atoms with E-state index in [4.69, 9.17) is 13.0 Å². The molecular formula is C17H31NO3S. The molecule has 1 aromatic heterocycles. The van der Waals surface area contributed by atoms with Crippen LogP contribution >= 0.6 is 0 Å². The van der Waals surface area contributed by atoms with E-state index in [9.17, 15) is 0 Å². The van der Waals surface area contributed by atoms with Gasteiger partial charge in [-0.05, 0) is 18.9 Å². The van der Waals surface area contributed by atoms with Gasteiger partial charge in [0.1, 0.15) is 6.54 Å². The van der Waals surface area contributed by atoms with Crippen LogP contribution in [0.3, 0.4) is 0 Å². The van der Waals surface area contributed by atoms with Gasteiger partial charge in [0, 0.05) is 24.3 Å². The van der Waals surface area contributed by atoms with E-state index in [1.54, 1.807) is 0 Å². The standard InChI is InChI=1S/C16H28N.CH4O3S/c1-3-5-6-7-8-9-10-13-17-14-11-12-16(4-2)15-17;1-5(2,3)4/h11-12,14-15H,3-10,13H2,1-2H3;1H3,(H,2,3,4)/q+1;/p-1. The topological polar surface area (TPSA) is 61.1 Å². The maximum absolute atomic E-state index is 9.08. The molecule has 0 saturated carbocycles. The van der Waals surface area contributed by atoms with E-state index in [-0.39, 0.29) is 0 Å². The highest BCUT2D eigenvalue weighted by atomic mass is 32.2. The third kappa shape index (κ3) is 15.4. The Morgan fingerprint density at radius 2 is 1.59 bits per heavy atom. The Bertz CT molecular complexity index is 478. The summed E-state index contributed by atoms with van der Waals surface area (Å²) in [4.78, 5) is 0. The second-order valence-corrected chi connectivity index (χ2v) is 7.04. The number of hydrogen-bond acceptors (Lipinski definition) is 3. The van der Waals surface area contributed by atoms with Crippen molar-refractivity contribution in [3.8, 4) is 0 Å². The van der Waals surface area contributed by atoms with Gasteiger partial charge >= 0.3 is 0 Å². The summed E-state index contributed by atoms with van der Waals surface area (Å²) in [6.45, 7) is 5.67. The number of aryl methyl sites for hydroxylation is 2. The van der Waals surface area contributed by atoms with E-state index in [2.05, 4.69) is 42.9 Å². The van der Waals surface area contributed by atoms with Crippen LogP contribution in [-0.4, -0.2) is 19.2 Å². The van der Waals surface area contributed by atoms with Crippen LogP contribution in [0.5, 0.6) is 0 Å². The van der Waals surface area contributed by atoms with E-state index in [1.165, 1.54) is 57.1 Å². The minimum atomic E-state index is -3.92. The average molecular weight is 330 g/mol. The molecule has 0 saturated heterocycles. The van der Waals surface area contributed by atoms with Crippen LogP contribution in [-0.2, 0) is 23.1 Å². The molecule has 0 bridgehead atoms. The third-order valence-corrected chi connectivity index (χ3v) is 3.35. The maximum Gasteiger partial charge on any atom is 0.171 e. The first-order valence-corrected chi connectivity index (χ1v) is 10.1. The van der Waals surface area contributed by atoms with Crippen LogP contribution in [0, 0.1) is 0 Å². The summed E-state index contributed by atoms with van der Waals surface area (Å²) in [6, 6.07) is 4.38. The highest BCUT2D eigenvalue weighted by molar-refractivity contribution is 7.84. The lowest BCUT2D eigenvalue weighted by Crippen LogP contribution is -2.33. The van der Waals surface area contributed by atoms with Gasteiger partial charge in [0.2, 0.25) is 0 Å². The van der Waals surface area contributed by atoms with E-state index >= 15 is 0 Å². The van der Waals surface area contributed by atoms with E-state index in [0.717, 1.165) is 6.42 Å². The number of aromatic nitrogens is 1. The van der Waals surface area contributed by atoms with Gasteiger partial charge in [-0.15, -0.1) is 0 Å². The summed E-state index contributed by atoms with van der Waals surface area (Å²) in [6.07, 6.45) is 15.9. The molecule has 0 unspecified atom stereocenters. The van der Waals surface area contributed by atoms with Crippen molar-refractivity contribution in [2.75, 3.05) is 6.26 Å². The molecule has 22 heavy (non-hydrogen) atoms. The molecule has 5 heteroatoms. The first-order valence-electron chi connectivity index (χ1n) is 8.25. The van der Waals surface area contributed by atoms with Gasteiger partial charge in [-0.25, -0.2) is 13.0 Å². The summed E-state index contributed by atoms with van der Waals surface area (Å²) in [7, 11) is -3.92. The maximum atomic E-state index is 9.08. The van der Waals surface area contributed by atoms with Crippen molar-refractivity contribution in [3.63, 3.8) is 0 Å². The smallest absolute Gasteiger partial charge is 0.171 e. The molecule has 0 radical (unpaired) electrons. The lowest BCUT2D eigenvalue weighted by Gasteiger charge is -2.00. The van der Waals surface area contributed by atoms with Crippen molar-refractivity contribution in [1.82, 2.24) is 0 Å². The second kappa shape index (κ2) is 12.6. The Hall–Kier alpha value is -0.940. The zero-order valence-corrected chi connectivity index (χ0v) is 15.1. The van der Waals surface area contributed by atoms with Gasteiger partial charge in [0.05, 0.1) is 10.1 Å². The SMILES string of the molecule is CCCCCCCCC[n+]1cccc(CC)c1.CS(=O)(=O)[O-]. The molecule has 0 aliphatic rings. The van der Waals surface area contributed by atoms with Crippen molar-refractivity contribution in [1.29, 1.82) is 0 Å². The third-order valence-electron chi connectivity index (χ3n) is 3.35. The van der Waals surface area contributed by atoms with Crippen molar-refractivity contribution in [2.45, 2.75) is 71.8 Å². The molecule has 128 valence electrons. The van der Waals surface area contributed by atoms with Crippen LogP contribution in [0.25, 0.3) is 0 Å². The molecule has 0 atom stereocenters. The number of rotatable bonds is 9. The molecule has 0 aliphatic carbocycles. The summed E-state index contributed by atoms with van der Waals surface area (Å²) in [5.41, 5.74) is 1.44. The molecule has 0 fully saturated rings. The number of unbranched alkanes of at least 4 members (excludes halogenated alkanes) is 6. The molecule has 0 spiro atoms. The molecule has 0 amide bonds. The number of pyridine rings is 1. The summed E-state index contributed by atoms with van der Waals surface area (Å²) in [5.74, 6) is 0. The fraction of sp³-hybridized carbons (Fsp3) is 0.706. The highest BCUT2D eigenvalue weighted by Crippen LogP contribution is 2.06. The zero-order valence-electron chi connectivity index (χ0n) is 14.3. The molecule has 1 rings (SSSR count). The van der Waals surface area contributed by atoms with Crippen LogP contribution in [0.15, 0.2) is 24.5 Å². The summed E-state index contributed by atoms with van der Waals surface area (Å²) < 4.78 is 29.6. The predicted octanol–water partition coefficient (Wildman–Crippen LogP) is 3.45. The minimum Gasteiger partial charge on any atom is -0.748 e. The van der Waals surface area contributed by atoms with Crippen molar-refractivity contribution >= 4 is 10.1 Å². The highest BCUT2D eigenvalue weighted by Gasteiger charge is 2.01. The summed E-state index contributed by atoms with van der Waals surface area (Å²) >= 11 is 0. The second-order valence-electron chi connectivity index (χ2n) is 5.63. The average Bonchev–Trinajstić information content (AvgIpc) is 2.45. The van der Waals surface area contributed by atoms with E-state index in [1.807, 2.05) is 0 Å². The molecule has 1 aromatic rings. The van der Waals surface area contributed by atoms with Gasteiger partial charge < -0.3 is 4.55 Å². The largest absolute Gasteiger partial charge is 0.748 e. The lowest BCUT2D eigenvalue weighted by molar-refractivity contribution is -0.697. The van der Waals surface area contributed by atoms with Crippen molar-refractivity contribution < 1.29 is 17.5 Å². The van der Waals surface area contributed by atoms with Gasteiger partial charge in [-0.1, -0.05) is 46.0 Å². The quantitative estimate of drug-likeness (QED) is 0.396. The Balaban J connectivity index is 0.000000763. The minimum absolute atomic E-state index is 0.604. The first kappa shape index (κ1) is 21.1. The van der Waals surface area contributed by atoms with Crippen LogP contribution in [0.1, 0.15) is 64.4 Å². The molecule has 4 nitrogen and oxygen atoms in total. The first-order chi connectivity index (χ1) is 10.4. The molecular weight excluding hydrogens is 298 g/mol. The van der Waals surface area contributed by atoms with Crippen LogP contribution < -0.4 is 4.57 Å². The predicted molar refractivity (Wildman–Crippen MR) is 89.6 cm³/mol. The number of hydrogen-bond donors (Lipinski definition) is 0. The van der Waals surface area contributed by atoms with E-state index in [0.29, 0.717) is 6.26 Å². The lowest BCUT2D eigenvalue weighted by atomic mass is 10.1. The zero-order chi connectivity index (χ0) is 16.8. The molecule has 0 aromatic carbocycles. The van der Waals surface area contributed by atoms with Gasteiger partial charge in [0.25, 0.3) is 0 Å². The Morgan fingerprint density at radius 3 is 2.14 bits per heavy atom. The fourth-order valence-electron chi connectivity index (χ4n) is 2.18. The normalized spacial score (nSPS) is 10.9. The van der Waals surface area contributed by atoms with Gasteiger partial charge in [-0.3, -0.25) is 0 Å². The monoisotopic (exact) mass is 329 g/mol. The Kier molecular flexibility index (Phi) is 12.1. The van der Waals surface area contributed by atoms with E-state index < -0.39 is 10.1 Å². The Morgan fingerprint density at radius 1 is 1.05 bits per heavy atom. The van der Waals surface area contributed by atoms with Gasteiger partial charge in [-0.2, -0.15) is 0 Å². The van der Waals surface area contributed by atoms with Crippen LogP contribution in [0.4, 0.5) is 0 Å². The van der Waals surface area contributed by atoms with Gasteiger partial charge in [0.15, 0.2) is 12.4 Å². The van der Waals surface area contributed by atoms with Crippen molar-refractivity contribution in [3.05, 3.63) is 30.1 Å². The van der Waals surface area contributed by atoms with Crippen molar-refractivity contribution in [2.24, 2.45) is 0 Å². The molecule has 0 aliphatic heterocycles.